The first-order valence-corrected chi connectivity index (χ1v) is 7.69. The molecule has 1 aromatic heterocycles. The summed E-state index contributed by atoms with van der Waals surface area (Å²) in [6.45, 7) is 0. The fourth-order valence-electron chi connectivity index (χ4n) is 3.02. The number of urea groups is 1. The Labute approximate surface area is 123 Å². The number of Topliss-reactive ketones (excluding diaryl/α,β-unsaturated/α-hetero) is 1. The van der Waals surface area contributed by atoms with E-state index in [1.807, 2.05) is 0 Å². The number of carbonyl (C=O) groups excluding carboxylic acids is 2. The first-order valence-electron chi connectivity index (χ1n) is 7.69. The molecule has 1 saturated carbocycles. The van der Waals surface area contributed by atoms with Gasteiger partial charge in [0.05, 0.1) is 11.3 Å². The van der Waals surface area contributed by atoms with E-state index in [-0.39, 0.29) is 23.8 Å². The van der Waals surface area contributed by atoms with Gasteiger partial charge in [-0.2, -0.15) is 0 Å². The summed E-state index contributed by atoms with van der Waals surface area (Å²) in [5.41, 5.74) is 1.34. The Kier molecular flexibility index (Phi) is 4.13. The molecule has 1 aromatic rings. The predicted octanol–water partition coefficient (Wildman–Crippen LogP) is 2.45. The number of nitrogens with zero attached hydrogens (tertiary/aromatic N) is 2. The lowest BCUT2D eigenvalue weighted by Crippen LogP contribution is -2.39. The highest BCUT2D eigenvalue weighted by atomic mass is 16.2. The van der Waals surface area contributed by atoms with Crippen molar-refractivity contribution in [3.63, 3.8) is 0 Å². The SMILES string of the molecule is O=C(Nc1ncc2c(n1)CCCC2=O)NC1CCCCC1. The number of aryl methyl sites for hydroxylation is 1. The summed E-state index contributed by atoms with van der Waals surface area (Å²) in [4.78, 5) is 32.0. The second kappa shape index (κ2) is 6.20. The number of fused-ring (bicyclic) bond motifs is 1. The molecule has 1 heterocycles. The molecule has 2 amide bonds. The van der Waals surface area contributed by atoms with Crippen molar-refractivity contribution in [2.24, 2.45) is 0 Å². The van der Waals surface area contributed by atoms with Crippen LogP contribution in [0.2, 0.25) is 0 Å². The number of rotatable bonds is 2. The Morgan fingerprint density at radius 2 is 1.95 bits per heavy atom. The normalized spacial score (nSPS) is 19.0. The molecule has 6 heteroatoms. The second-order valence-corrected chi connectivity index (χ2v) is 5.76. The van der Waals surface area contributed by atoms with Gasteiger partial charge in [-0.25, -0.2) is 14.8 Å². The van der Waals surface area contributed by atoms with Gasteiger partial charge in [0.2, 0.25) is 5.95 Å². The van der Waals surface area contributed by atoms with Gasteiger partial charge in [-0.1, -0.05) is 19.3 Å². The van der Waals surface area contributed by atoms with Crippen LogP contribution in [0.4, 0.5) is 10.7 Å². The number of hydrogen-bond acceptors (Lipinski definition) is 4. The lowest BCUT2D eigenvalue weighted by atomic mass is 9.96. The van der Waals surface area contributed by atoms with Crippen LogP contribution in [0.25, 0.3) is 0 Å². The number of aromatic nitrogens is 2. The van der Waals surface area contributed by atoms with Crippen molar-refractivity contribution in [2.75, 3.05) is 5.32 Å². The lowest BCUT2D eigenvalue weighted by Gasteiger charge is -2.22. The van der Waals surface area contributed by atoms with E-state index in [1.54, 1.807) is 0 Å². The summed E-state index contributed by atoms with van der Waals surface area (Å²) in [7, 11) is 0. The first-order chi connectivity index (χ1) is 10.2. The van der Waals surface area contributed by atoms with Crippen LogP contribution < -0.4 is 10.6 Å². The number of nitrogens with one attached hydrogen (secondary N) is 2. The minimum absolute atomic E-state index is 0.0921. The van der Waals surface area contributed by atoms with Crippen LogP contribution in [0.15, 0.2) is 6.20 Å². The largest absolute Gasteiger partial charge is 0.335 e. The number of anilines is 1. The van der Waals surface area contributed by atoms with Crippen molar-refractivity contribution in [2.45, 2.75) is 57.4 Å². The van der Waals surface area contributed by atoms with Crippen LogP contribution in [-0.2, 0) is 6.42 Å². The smallest absolute Gasteiger partial charge is 0.321 e. The van der Waals surface area contributed by atoms with Gasteiger partial charge < -0.3 is 5.32 Å². The minimum atomic E-state index is -0.260. The van der Waals surface area contributed by atoms with Gasteiger partial charge in [-0.3, -0.25) is 10.1 Å². The van der Waals surface area contributed by atoms with Crippen LogP contribution in [0, 0.1) is 0 Å². The van der Waals surface area contributed by atoms with Crippen molar-refractivity contribution in [1.82, 2.24) is 15.3 Å². The third kappa shape index (κ3) is 3.37. The molecule has 0 spiro atoms. The third-order valence-corrected chi connectivity index (χ3v) is 4.15. The Morgan fingerprint density at radius 1 is 1.14 bits per heavy atom. The topological polar surface area (TPSA) is 84.0 Å². The molecule has 0 aromatic carbocycles. The molecule has 0 bridgehead atoms. The molecule has 2 aliphatic rings. The van der Waals surface area contributed by atoms with Crippen molar-refractivity contribution in [3.05, 3.63) is 17.5 Å². The van der Waals surface area contributed by atoms with E-state index in [1.165, 1.54) is 25.5 Å². The lowest BCUT2D eigenvalue weighted by molar-refractivity contribution is 0.0971. The van der Waals surface area contributed by atoms with Crippen LogP contribution in [-0.4, -0.2) is 27.8 Å². The molecular formula is C15H20N4O2. The maximum Gasteiger partial charge on any atom is 0.321 e. The summed E-state index contributed by atoms with van der Waals surface area (Å²) >= 11 is 0. The van der Waals surface area contributed by atoms with Crippen molar-refractivity contribution < 1.29 is 9.59 Å². The third-order valence-electron chi connectivity index (χ3n) is 4.15. The van der Waals surface area contributed by atoms with Gasteiger partial charge in [-0.15, -0.1) is 0 Å². The first kappa shape index (κ1) is 14.0. The van der Waals surface area contributed by atoms with Gasteiger partial charge in [0.1, 0.15) is 0 Å². The van der Waals surface area contributed by atoms with Crippen molar-refractivity contribution in [1.29, 1.82) is 0 Å². The fraction of sp³-hybridized carbons (Fsp3) is 0.600. The predicted molar refractivity (Wildman–Crippen MR) is 78.3 cm³/mol. The highest BCUT2D eigenvalue weighted by Crippen LogP contribution is 2.20. The van der Waals surface area contributed by atoms with Crippen LogP contribution in [0.3, 0.4) is 0 Å². The molecule has 6 nitrogen and oxygen atoms in total. The summed E-state index contributed by atoms with van der Waals surface area (Å²) in [5.74, 6) is 0.367. The van der Waals surface area contributed by atoms with E-state index < -0.39 is 0 Å². The van der Waals surface area contributed by atoms with E-state index in [4.69, 9.17) is 0 Å². The maximum atomic E-state index is 11.9. The Morgan fingerprint density at radius 3 is 2.76 bits per heavy atom. The van der Waals surface area contributed by atoms with Crippen LogP contribution >= 0.6 is 0 Å². The van der Waals surface area contributed by atoms with E-state index in [0.717, 1.165) is 31.4 Å². The molecular weight excluding hydrogens is 268 g/mol. The molecule has 0 unspecified atom stereocenters. The minimum Gasteiger partial charge on any atom is -0.335 e. The van der Waals surface area contributed by atoms with Gasteiger partial charge in [0, 0.05) is 18.7 Å². The summed E-state index contributed by atoms with van der Waals surface area (Å²) in [6, 6.07) is -0.0121. The van der Waals surface area contributed by atoms with E-state index in [2.05, 4.69) is 20.6 Å². The Bertz CT molecular complexity index is 553. The van der Waals surface area contributed by atoms with Crippen molar-refractivity contribution >= 4 is 17.8 Å². The number of amides is 2. The number of ketones is 1. The maximum absolute atomic E-state index is 11.9. The highest BCUT2D eigenvalue weighted by molar-refractivity contribution is 5.98. The number of hydrogen-bond donors (Lipinski definition) is 2. The molecule has 2 N–H and O–H groups in total. The molecule has 0 radical (unpaired) electrons. The average Bonchev–Trinajstić information content (AvgIpc) is 2.48. The second-order valence-electron chi connectivity index (χ2n) is 5.76. The molecule has 0 saturated heterocycles. The van der Waals surface area contributed by atoms with Gasteiger partial charge >= 0.3 is 6.03 Å². The molecule has 112 valence electrons. The monoisotopic (exact) mass is 288 g/mol. The fourth-order valence-corrected chi connectivity index (χ4v) is 3.02. The molecule has 1 fully saturated rings. The van der Waals surface area contributed by atoms with E-state index in [9.17, 15) is 9.59 Å². The molecule has 0 aliphatic heterocycles. The molecule has 3 rings (SSSR count). The Hall–Kier alpha value is -1.98. The van der Waals surface area contributed by atoms with Crippen LogP contribution in [0.5, 0.6) is 0 Å². The standard InChI is InChI=1S/C15H20N4O2/c20-13-8-4-7-12-11(13)9-16-14(18-12)19-15(21)17-10-5-2-1-3-6-10/h9-10H,1-8H2,(H2,16,17,18,19,21). The van der Waals surface area contributed by atoms with Gasteiger partial charge in [0.15, 0.2) is 5.78 Å². The highest BCUT2D eigenvalue weighted by Gasteiger charge is 2.20. The molecule has 21 heavy (non-hydrogen) atoms. The molecule has 2 aliphatic carbocycles. The Balaban J connectivity index is 1.62. The zero-order chi connectivity index (χ0) is 14.7. The van der Waals surface area contributed by atoms with E-state index in [0.29, 0.717) is 12.0 Å². The zero-order valence-corrected chi connectivity index (χ0v) is 12.0. The zero-order valence-electron chi connectivity index (χ0n) is 12.0. The van der Waals surface area contributed by atoms with Crippen molar-refractivity contribution in [3.8, 4) is 0 Å². The summed E-state index contributed by atoms with van der Waals surface area (Å²) < 4.78 is 0. The van der Waals surface area contributed by atoms with Gasteiger partial charge in [-0.05, 0) is 25.7 Å². The summed E-state index contributed by atoms with van der Waals surface area (Å²) in [5, 5.41) is 5.63. The average molecular weight is 288 g/mol. The number of carbonyl (C=O) groups is 2. The van der Waals surface area contributed by atoms with E-state index >= 15 is 0 Å². The van der Waals surface area contributed by atoms with Crippen LogP contribution in [0.1, 0.15) is 61.0 Å². The summed E-state index contributed by atoms with van der Waals surface area (Å²) in [6.07, 6.45) is 9.33. The van der Waals surface area contributed by atoms with Gasteiger partial charge in [0.25, 0.3) is 0 Å². The quantitative estimate of drug-likeness (QED) is 0.875. The molecule has 0 atom stereocenters.